The molecule has 0 aliphatic heterocycles. The van der Waals surface area contributed by atoms with E-state index in [0.29, 0.717) is 21.3 Å². The predicted molar refractivity (Wildman–Crippen MR) is 119 cm³/mol. The van der Waals surface area contributed by atoms with Crippen molar-refractivity contribution in [3.63, 3.8) is 0 Å². The number of nitrogens with zero attached hydrogens (tertiary/aromatic N) is 2. The molecule has 0 aromatic heterocycles. The molecule has 1 atom stereocenters. The molecule has 3 rings (SSSR count). The van der Waals surface area contributed by atoms with Crippen LogP contribution in [-0.4, -0.2) is 22.2 Å². The van der Waals surface area contributed by atoms with Crippen LogP contribution in [0.4, 0.5) is 5.69 Å². The molecule has 0 heterocycles. The minimum atomic E-state index is -1.31. The molecule has 31 heavy (non-hydrogen) atoms. The number of hydrogen-bond donors (Lipinski definition) is 2. The number of non-ortho nitro benzene ring substituents is 1. The zero-order valence-electron chi connectivity index (χ0n) is 16.1. The van der Waals surface area contributed by atoms with Gasteiger partial charge in [-0.05, 0) is 63.0 Å². The maximum atomic E-state index is 12.0. The van der Waals surface area contributed by atoms with Crippen LogP contribution in [0.2, 0.25) is 0 Å². The molecule has 0 saturated heterocycles. The second-order valence-electron chi connectivity index (χ2n) is 6.45. The predicted octanol–water partition coefficient (Wildman–Crippen LogP) is 4.12. The Morgan fingerprint density at radius 3 is 2.52 bits per heavy atom. The molecular formula is C22H18BrN3O5. The van der Waals surface area contributed by atoms with Crippen LogP contribution in [0.3, 0.4) is 0 Å². The van der Waals surface area contributed by atoms with Crippen molar-refractivity contribution in [2.75, 3.05) is 0 Å². The van der Waals surface area contributed by atoms with Crippen LogP contribution in [0, 0.1) is 10.1 Å². The maximum Gasteiger partial charge on any atom is 0.273 e. The lowest BCUT2D eigenvalue weighted by Crippen LogP contribution is -2.25. The van der Waals surface area contributed by atoms with E-state index >= 15 is 0 Å². The number of benzene rings is 3. The average molecular weight is 484 g/mol. The quantitative estimate of drug-likeness (QED) is 0.284. The summed E-state index contributed by atoms with van der Waals surface area (Å²) in [6.07, 6.45) is 0.140. The van der Waals surface area contributed by atoms with Gasteiger partial charge in [0.05, 0.1) is 15.6 Å². The molecule has 3 aromatic carbocycles. The fourth-order valence-corrected chi connectivity index (χ4v) is 3.12. The van der Waals surface area contributed by atoms with Gasteiger partial charge in [0, 0.05) is 12.1 Å². The number of aliphatic hydroxyl groups excluding tert-OH is 1. The summed E-state index contributed by atoms with van der Waals surface area (Å²) in [6, 6.07) is 19.9. The zero-order chi connectivity index (χ0) is 22.2. The summed E-state index contributed by atoms with van der Waals surface area (Å²) in [5, 5.41) is 24.6. The Kier molecular flexibility index (Phi) is 7.47. The standard InChI is InChI=1S/C22H18BrN3O5/c23-19-12-16(13-24-25-22(28)21(27)17-4-2-1-3-5-17)8-11-20(19)31-14-15-6-9-18(10-7-15)26(29)30/h1-13,21,27H,14H2,(H,25,28)/b24-13-/t21-/m1/s1. The highest BCUT2D eigenvalue weighted by Crippen LogP contribution is 2.26. The number of carbonyl (C=O) groups excluding carboxylic acids is 1. The van der Waals surface area contributed by atoms with Crippen molar-refractivity contribution in [3.8, 4) is 5.75 Å². The van der Waals surface area contributed by atoms with E-state index in [1.165, 1.54) is 18.3 Å². The lowest BCUT2D eigenvalue weighted by atomic mass is 10.1. The van der Waals surface area contributed by atoms with E-state index in [1.807, 2.05) is 0 Å². The number of nitro groups is 1. The van der Waals surface area contributed by atoms with Crippen LogP contribution in [0.5, 0.6) is 5.75 Å². The van der Waals surface area contributed by atoms with Crippen LogP contribution >= 0.6 is 15.9 Å². The summed E-state index contributed by atoms with van der Waals surface area (Å²) >= 11 is 3.42. The number of hydrazone groups is 1. The van der Waals surface area contributed by atoms with Gasteiger partial charge in [0.1, 0.15) is 12.4 Å². The van der Waals surface area contributed by atoms with Crippen molar-refractivity contribution in [3.05, 3.63) is 104 Å². The van der Waals surface area contributed by atoms with Gasteiger partial charge in [0.25, 0.3) is 11.6 Å². The zero-order valence-corrected chi connectivity index (χ0v) is 17.7. The first kappa shape index (κ1) is 22.1. The Labute approximate surface area is 186 Å². The Morgan fingerprint density at radius 2 is 1.87 bits per heavy atom. The molecule has 9 heteroatoms. The molecule has 1 amide bonds. The molecule has 0 spiro atoms. The van der Waals surface area contributed by atoms with Gasteiger partial charge in [-0.25, -0.2) is 5.43 Å². The molecule has 8 nitrogen and oxygen atoms in total. The first-order valence-electron chi connectivity index (χ1n) is 9.15. The monoisotopic (exact) mass is 483 g/mol. The van der Waals surface area contributed by atoms with Gasteiger partial charge >= 0.3 is 0 Å². The van der Waals surface area contributed by atoms with Crippen molar-refractivity contribution >= 4 is 33.7 Å². The highest BCUT2D eigenvalue weighted by Gasteiger charge is 2.16. The second-order valence-corrected chi connectivity index (χ2v) is 7.30. The molecule has 0 aliphatic rings. The molecule has 0 saturated carbocycles. The van der Waals surface area contributed by atoms with E-state index in [0.717, 1.165) is 5.56 Å². The average Bonchev–Trinajstić information content (AvgIpc) is 2.78. The lowest BCUT2D eigenvalue weighted by molar-refractivity contribution is -0.384. The Balaban J connectivity index is 1.55. The van der Waals surface area contributed by atoms with Gasteiger partial charge in [0.2, 0.25) is 0 Å². The lowest BCUT2D eigenvalue weighted by Gasteiger charge is -2.09. The van der Waals surface area contributed by atoms with E-state index in [-0.39, 0.29) is 12.3 Å². The van der Waals surface area contributed by atoms with E-state index in [1.54, 1.807) is 60.7 Å². The third kappa shape index (κ3) is 6.21. The van der Waals surface area contributed by atoms with Gasteiger partial charge in [0.15, 0.2) is 6.10 Å². The summed E-state index contributed by atoms with van der Waals surface area (Å²) in [5.41, 5.74) is 4.31. The first-order valence-corrected chi connectivity index (χ1v) is 9.95. The van der Waals surface area contributed by atoms with Gasteiger partial charge in [-0.3, -0.25) is 14.9 Å². The fraction of sp³-hybridized carbons (Fsp3) is 0.0909. The third-order valence-corrected chi connectivity index (χ3v) is 4.87. The summed E-state index contributed by atoms with van der Waals surface area (Å²) in [7, 11) is 0. The maximum absolute atomic E-state index is 12.0. The summed E-state index contributed by atoms with van der Waals surface area (Å²) < 4.78 is 6.41. The van der Waals surface area contributed by atoms with E-state index in [9.17, 15) is 20.0 Å². The number of halogens is 1. The molecule has 3 aromatic rings. The Bertz CT molecular complexity index is 1090. The molecule has 0 bridgehead atoms. The van der Waals surface area contributed by atoms with E-state index in [4.69, 9.17) is 4.74 Å². The van der Waals surface area contributed by atoms with Gasteiger partial charge < -0.3 is 9.84 Å². The van der Waals surface area contributed by atoms with Crippen molar-refractivity contribution in [1.29, 1.82) is 0 Å². The number of nitro benzene ring substituents is 1. The van der Waals surface area contributed by atoms with Crippen LogP contribution < -0.4 is 10.2 Å². The topological polar surface area (TPSA) is 114 Å². The van der Waals surface area contributed by atoms with Gasteiger partial charge in [-0.2, -0.15) is 5.10 Å². The minimum absolute atomic E-state index is 0.0250. The minimum Gasteiger partial charge on any atom is -0.488 e. The van der Waals surface area contributed by atoms with Crippen molar-refractivity contribution in [2.45, 2.75) is 12.7 Å². The third-order valence-electron chi connectivity index (χ3n) is 4.25. The number of amides is 1. The molecular weight excluding hydrogens is 466 g/mol. The molecule has 0 unspecified atom stereocenters. The van der Waals surface area contributed by atoms with Crippen LogP contribution in [-0.2, 0) is 11.4 Å². The summed E-state index contributed by atoms with van der Waals surface area (Å²) in [6.45, 7) is 0.247. The highest BCUT2D eigenvalue weighted by molar-refractivity contribution is 9.10. The highest BCUT2D eigenvalue weighted by atomic mass is 79.9. The number of carbonyl (C=O) groups is 1. The number of ether oxygens (including phenoxy) is 1. The van der Waals surface area contributed by atoms with Crippen LogP contribution in [0.25, 0.3) is 0 Å². The second kappa shape index (κ2) is 10.5. The fourth-order valence-electron chi connectivity index (χ4n) is 2.61. The molecule has 0 fully saturated rings. The molecule has 0 radical (unpaired) electrons. The summed E-state index contributed by atoms with van der Waals surface area (Å²) in [5.74, 6) is -0.0522. The normalized spacial score (nSPS) is 11.8. The van der Waals surface area contributed by atoms with E-state index < -0.39 is 16.9 Å². The van der Waals surface area contributed by atoms with Crippen LogP contribution in [0.15, 0.2) is 82.4 Å². The SMILES string of the molecule is O=C(N/N=C\c1ccc(OCc2ccc([N+](=O)[O-])cc2)c(Br)c1)[C@H](O)c1ccccc1. The number of aliphatic hydroxyl groups is 1. The number of hydrogen-bond acceptors (Lipinski definition) is 6. The molecule has 0 aliphatic carbocycles. The number of nitrogens with one attached hydrogen (secondary N) is 1. The van der Waals surface area contributed by atoms with Crippen LogP contribution in [0.1, 0.15) is 22.8 Å². The molecule has 158 valence electrons. The smallest absolute Gasteiger partial charge is 0.273 e. The Hall–Kier alpha value is -3.56. The molecule has 2 N–H and O–H groups in total. The van der Waals surface area contributed by atoms with Crippen molar-refractivity contribution in [1.82, 2.24) is 5.43 Å². The van der Waals surface area contributed by atoms with Gasteiger partial charge in [-0.15, -0.1) is 0 Å². The van der Waals surface area contributed by atoms with E-state index in [2.05, 4.69) is 26.5 Å². The van der Waals surface area contributed by atoms with Crippen molar-refractivity contribution < 1.29 is 19.6 Å². The first-order chi connectivity index (χ1) is 14.9. The number of rotatable bonds is 8. The van der Waals surface area contributed by atoms with Crippen molar-refractivity contribution in [2.24, 2.45) is 5.10 Å². The van der Waals surface area contributed by atoms with Gasteiger partial charge in [-0.1, -0.05) is 30.3 Å². The largest absolute Gasteiger partial charge is 0.488 e. The Morgan fingerprint density at radius 1 is 1.16 bits per heavy atom. The summed E-state index contributed by atoms with van der Waals surface area (Å²) in [4.78, 5) is 22.2.